The minimum Gasteiger partial charge on any atom is -0.396 e. The number of nitrogens with two attached hydrogens (primary N) is 1. The molecule has 0 spiro atoms. The zero-order valence-electron chi connectivity index (χ0n) is 14.3. The molecule has 0 saturated carbocycles. The number of thiophene rings is 1. The monoisotopic (exact) mass is 429 g/mol. The second-order valence-electron chi connectivity index (χ2n) is 5.98. The molecule has 0 unspecified atom stereocenters. The summed E-state index contributed by atoms with van der Waals surface area (Å²) in [6, 6.07) is 13.6. The predicted molar refractivity (Wildman–Crippen MR) is 114 cm³/mol. The molecule has 4 rings (SSSR count). The molecule has 28 heavy (non-hydrogen) atoms. The molecule has 3 N–H and O–H groups in total. The number of pyridine rings is 1. The Kier molecular flexibility index (Phi) is 4.85. The third kappa shape index (κ3) is 3.16. The van der Waals surface area contributed by atoms with Gasteiger partial charge in [0.25, 0.3) is 5.91 Å². The van der Waals surface area contributed by atoms with Gasteiger partial charge in [0, 0.05) is 11.9 Å². The van der Waals surface area contributed by atoms with E-state index in [0.29, 0.717) is 26.1 Å². The lowest BCUT2D eigenvalue weighted by Gasteiger charge is -2.07. The van der Waals surface area contributed by atoms with Crippen molar-refractivity contribution in [1.82, 2.24) is 4.40 Å². The van der Waals surface area contributed by atoms with Crippen LogP contribution in [0.2, 0.25) is 10.0 Å². The maximum atomic E-state index is 13.0. The Labute approximate surface area is 174 Å². The number of rotatable bonds is 4. The van der Waals surface area contributed by atoms with Crippen molar-refractivity contribution in [2.75, 3.05) is 11.1 Å². The SMILES string of the molecule is Nc1c(C(=O)Nc2ccc(Cl)c(Cl)c2)c2ccccn2c1C(=O)c1cccs1. The molecule has 1 aromatic carbocycles. The van der Waals surface area contributed by atoms with Gasteiger partial charge in [0.1, 0.15) is 5.69 Å². The Hall–Kier alpha value is -2.80. The number of fused-ring (bicyclic) bond motifs is 1. The number of benzene rings is 1. The maximum absolute atomic E-state index is 13.0. The molecule has 140 valence electrons. The van der Waals surface area contributed by atoms with E-state index in [9.17, 15) is 9.59 Å². The van der Waals surface area contributed by atoms with Gasteiger partial charge in [0.15, 0.2) is 0 Å². The lowest BCUT2D eigenvalue weighted by molar-refractivity contribution is 0.102. The molecular formula is C20H13Cl2N3O2S. The van der Waals surface area contributed by atoms with Crippen LogP contribution < -0.4 is 11.1 Å². The van der Waals surface area contributed by atoms with E-state index in [1.165, 1.54) is 11.3 Å². The predicted octanol–water partition coefficient (Wildman–Crippen LogP) is 5.37. The average Bonchev–Trinajstić information content (AvgIpc) is 3.30. The molecular weight excluding hydrogens is 417 g/mol. The number of nitrogens with zero attached hydrogens (tertiary/aromatic N) is 1. The molecule has 5 nitrogen and oxygen atoms in total. The number of aromatic nitrogens is 1. The highest BCUT2D eigenvalue weighted by Crippen LogP contribution is 2.31. The van der Waals surface area contributed by atoms with Crippen LogP contribution >= 0.6 is 34.5 Å². The van der Waals surface area contributed by atoms with Gasteiger partial charge < -0.3 is 15.5 Å². The Morgan fingerprint density at radius 3 is 2.57 bits per heavy atom. The number of carbonyl (C=O) groups is 2. The third-order valence-electron chi connectivity index (χ3n) is 4.25. The van der Waals surface area contributed by atoms with Gasteiger partial charge in [-0.2, -0.15) is 0 Å². The minimum atomic E-state index is -0.440. The normalized spacial score (nSPS) is 10.9. The zero-order valence-corrected chi connectivity index (χ0v) is 16.6. The van der Waals surface area contributed by atoms with Crippen molar-refractivity contribution in [2.24, 2.45) is 0 Å². The van der Waals surface area contributed by atoms with E-state index >= 15 is 0 Å². The number of halogens is 2. The minimum absolute atomic E-state index is 0.127. The first kappa shape index (κ1) is 18.6. The maximum Gasteiger partial charge on any atom is 0.259 e. The van der Waals surface area contributed by atoms with Crippen LogP contribution in [0.3, 0.4) is 0 Å². The summed E-state index contributed by atoms with van der Waals surface area (Å²) in [5.74, 6) is -0.674. The van der Waals surface area contributed by atoms with E-state index in [4.69, 9.17) is 28.9 Å². The molecule has 1 amide bonds. The first-order valence-electron chi connectivity index (χ1n) is 8.20. The lowest BCUT2D eigenvalue weighted by Crippen LogP contribution is -2.14. The average molecular weight is 430 g/mol. The van der Waals surface area contributed by atoms with E-state index in [1.807, 2.05) is 5.38 Å². The third-order valence-corrected chi connectivity index (χ3v) is 5.85. The van der Waals surface area contributed by atoms with Crippen molar-refractivity contribution in [3.63, 3.8) is 0 Å². The van der Waals surface area contributed by atoms with Crippen LogP contribution in [0.25, 0.3) is 5.52 Å². The van der Waals surface area contributed by atoms with Crippen molar-refractivity contribution >= 4 is 63.1 Å². The van der Waals surface area contributed by atoms with Gasteiger partial charge in [-0.25, -0.2) is 0 Å². The summed E-state index contributed by atoms with van der Waals surface area (Å²) in [6.45, 7) is 0. The number of anilines is 2. The summed E-state index contributed by atoms with van der Waals surface area (Å²) in [5.41, 5.74) is 7.92. The standard InChI is InChI=1S/C20H13Cl2N3O2S/c21-12-7-6-11(10-13(12)22)24-20(27)16-14-4-1-2-8-25(14)18(17(16)23)19(26)15-5-3-9-28-15/h1-10H,23H2,(H,24,27). The van der Waals surface area contributed by atoms with Gasteiger partial charge in [0.05, 0.1) is 31.7 Å². The van der Waals surface area contributed by atoms with Crippen LogP contribution in [-0.2, 0) is 0 Å². The first-order chi connectivity index (χ1) is 13.5. The van der Waals surface area contributed by atoms with Crippen LogP contribution in [0, 0.1) is 0 Å². The number of nitrogens with one attached hydrogen (secondary N) is 1. The van der Waals surface area contributed by atoms with Crippen molar-refractivity contribution in [3.8, 4) is 0 Å². The van der Waals surface area contributed by atoms with Gasteiger partial charge in [0.2, 0.25) is 5.78 Å². The van der Waals surface area contributed by atoms with Crippen LogP contribution in [0.15, 0.2) is 60.1 Å². The molecule has 3 heterocycles. The Balaban J connectivity index is 1.81. The molecule has 8 heteroatoms. The number of amides is 1. The van der Waals surface area contributed by atoms with Crippen molar-refractivity contribution in [3.05, 3.63) is 86.3 Å². The topological polar surface area (TPSA) is 76.6 Å². The molecule has 0 aliphatic rings. The fourth-order valence-electron chi connectivity index (χ4n) is 2.99. The summed E-state index contributed by atoms with van der Waals surface area (Å²) in [7, 11) is 0. The Bertz CT molecular complexity index is 1220. The van der Waals surface area contributed by atoms with E-state index in [2.05, 4.69) is 5.32 Å². The van der Waals surface area contributed by atoms with Crippen LogP contribution in [0.4, 0.5) is 11.4 Å². The number of hydrogen-bond acceptors (Lipinski definition) is 4. The molecule has 0 radical (unpaired) electrons. The zero-order chi connectivity index (χ0) is 19.8. The summed E-state index contributed by atoms with van der Waals surface area (Å²) in [4.78, 5) is 26.5. The number of nitrogen functional groups attached to an aromatic ring is 1. The van der Waals surface area contributed by atoms with Crippen molar-refractivity contribution < 1.29 is 9.59 Å². The molecule has 4 aromatic rings. The first-order valence-corrected chi connectivity index (χ1v) is 9.84. The summed E-state index contributed by atoms with van der Waals surface area (Å²) in [5, 5.41) is 5.29. The Morgan fingerprint density at radius 1 is 1.04 bits per heavy atom. The van der Waals surface area contributed by atoms with Gasteiger partial charge in [-0.05, 0) is 41.8 Å². The fourth-order valence-corrected chi connectivity index (χ4v) is 3.95. The number of carbonyl (C=O) groups excluding carboxylic acids is 2. The second kappa shape index (κ2) is 7.31. The molecule has 0 fully saturated rings. The van der Waals surface area contributed by atoms with Crippen LogP contribution in [0.1, 0.15) is 25.7 Å². The van der Waals surface area contributed by atoms with E-state index in [-0.39, 0.29) is 22.7 Å². The molecule has 3 aromatic heterocycles. The summed E-state index contributed by atoms with van der Waals surface area (Å²) < 4.78 is 1.64. The molecule has 0 aliphatic carbocycles. The summed E-state index contributed by atoms with van der Waals surface area (Å²) in [6.07, 6.45) is 1.71. The van der Waals surface area contributed by atoms with Gasteiger partial charge in [-0.15, -0.1) is 11.3 Å². The number of ketones is 1. The largest absolute Gasteiger partial charge is 0.396 e. The van der Waals surface area contributed by atoms with E-state index in [0.717, 1.165) is 0 Å². The molecule has 0 atom stereocenters. The van der Waals surface area contributed by atoms with Crippen LogP contribution in [-0.4, -0.2) is 16.1 Å². The summed E-state index contributed by atoms with van der Waals surface area (Å²) >= 11 is 13.3. The molecule has 0 saturated heterocycles. The van der Waals surface area contributed by atoms with Crippen molar-refractivity contribution in [2.45, 2.75) is 0 Å². The van der Waals surface area contributed by atoms with Gasteiger partial charge in [-0.1, -0.05) is 35.3 Å². The van der Waals surface area contributed by atoms with Gasteiger partial charge >= 0.3 is 0 Å². The fraction of sp³-hybridized carbons (Fsp3) is 0. The lowest BCUT2D eigenvalue weighted by atomic mass is 10.1. The smallest absolute Gasteiger partial charge is 0.259 e. The van der Waals surface area contributed by atoms with Crippen molar-refractivity contribution in [1.29, 1.82) is 0 Å². The number of hydrogen-bond donors (Lipinski definition) is 2. The van der Waals surface area contributed by atoms with E-state index in [1.54, 1.807) is 59.1 Å². The molecule has 0 bridgehead atoms. The highest BCUT2D eigenvalue weighted by molar-refractivity contribution is 7.12. The van der Waals surface area contributed by atoms with Gasteiger partial charge in [-0.3, -0.25) is 9.59 Å². The Morgan fingerprint density at radius 2 is 1.86 bits per heavy atom. The highest BCUT2D eigenvalue weighted by atomic mass is 35.5. The second-order valence-corrected chi connectivity index (χ2v) is 7.74. The van der Waals surface area contributed by atoms with Crippen LogP contribution in [0.5, 0.6) is 0 Å². The van der Waals surface area contributed by atoms with E-state index < -0.39 is 5.91 Å². The highest BCUT2D eigenvalue weighted by Gasteiger charge is 2.26. The molecule has 0 aliphatic heterocycles. The quantitative estimate of drug-likeness (QED) is 0.427.